The highest BCUT2D eigenvalue weighted by atomic mass is 32.2. The fraction of sp³-hybridized carbons (Fsp3) is 0.391. The smallest absolute Gasteiger partial charge is 0.412 e. The summed E-state index contributed by atoms with van der Waals surface area (Å²) >= 11 is 0. The molecule has 2 amide bonds. The molecule has 0 aliphatic heterocycles. The lowest BCUT2D eigenvalue weighted by Crippen LogP contribution is -2.32. The average Bonchev–Trinajstić information content (AvgIpc) is 3.21. The predicted molar refractivity (Wildman–Crippen MR) is 123 cm³/mol. The number of halogens is 1. The number of rotatable bonds is 6. The molecule has 0 heterocycles. The molecule has 1 fully saturated rings. The first kappa shape index (κ1) is 24.7. The van der Waals surface area contributed by atoms with Crippen LogP contribution in [0.4, 0.5) is 20.6 Å². The van der Waals surface area contributed by atoms with E-state index in [1.165, 1.54) is 36.4 Å². The largest absolute Gasteiger partial charge is 0.444 e. The first-order valence-electron chi connectivity index (χ1n) is 10.7. The monoisotopic (exact) mass is 477 g/mol. The molecule has 3 N–H and O–H groups in total. The summed E-state index contributed by atoms with van der Waals surface area (Å²) in [4.78, 5) is 24.6. The SMILES string of the molecule is CC(C)(C)OC(=O)Nc1cc(NC(=O)c2cccc(S(=O)(=O)NC3CCCC3)c2)ccc1F. The van der Waals surface area contributed by atoms with Crippen molar-refractivity contribution in [1.29, 1.82) is 0 Å². The minimum absolute atomic E-state index is 0.00608. The van der Waals surface area contributed by atoms with E-state index in [2.05, 4.69) is 15.4 Å². The van der Waals surface area contributed by atoms with E-state index in [0.717, 1.165) is 31.7 Å². The Labute approximate surface area is 193 Å². The molecule has 2 aromatic carbocycles. The zero-order chi connectivity index (χ0) is 24.2. The number of amides is 2. The zero-order valence-corrected chi connectivity index (χ0v) is 19.6. The lowest BCUT2D eigenvalue weighted by Gasteiger charge is -2.20. The van der Waals surface area contributed by atoms with Crippen LogP contribution in [-0.2, 0) is 14.8 Å². The zero-order valence-electron chi connectivity index (χ0n) is 18.8. The summed E-state index contributed by atoms with van der Waals surface area (Å²) in [6.07, 6.45) is 2.72. The van der Waals surface area contributed by atoms with Crippen molar-refractivity contribution < 1.29 is 27.1 Å². The van der Waals surface area contributed by atoms with E-state index in [1.807, 2.05) is 0 Å². The van der Waals surface area contributed by atoms with Gasteiger partial charge in [0.25, 0.3) is 5.91 Å². The van der Waals surface area contributed by atoms with Gasteiger partial charge in [0, 0.05) is 17.3 Å². The normalized spacial score (nSPS) is 14.7. The number of sulfonamides is 1. The molecule has 0 atom stereocenters. The summed E-state index contributed by atoms with van der Waals surface area (Å²) in [7, 11) is -3.75. The minimum Gasteiger partial charge on any atom is -0.444 e. The van der Waals surface area contributed by atoms with Crippen LogP contribution in [0.25, 0.3) is 0 Å². The molecule has 2 aromatic rings. The maximum atomic E-state index is 14.1. The van der Waals surface area contributed by atoms with Gasteiger partial charge in [0.05, 0.1) is 10.6 Å². The van der Waals surface area contributed by atoms with Gasteiger partial charge >= 0.3 is 6.09 Å². The van der Waals surface area contributed by atoms with Crippen LogP contribution in [0.1, 0.15) is 56.8 Å². The molecule has 1 aliphatic rings. The second-order valence-electron chi connectivity index (χ2n) is 8.91. The van der Waals surface area contributed by atoms with Gasteiger partial charge in [-0.1, -0.05) is 18.9 Å². The third-order valence-corrected chi connectivity index (χ3v) is 6.46. The molecule has 178 valence electrons. The molecule has 0 spiro atoms. The van der Waals surface area contributed by atoms with Gasteiger partial charge in [0.15, 0.2) is 0 Å². The molecule has 0 unspecified atom stereocenters. The van der Waals surface area contributed by atoms with E-state index >= 15 is 0 Å². The second-order valence-corrected chi connectivity index (χ2v) is 10.6. The van der Waals surface area contributed by atoms with Crippen LogP contribution in [0.2, 0.25) is 0 Å². The number of anilines is 2. The van der Waals surface area contributed by atoms with Crippen molar-refractivity contribution >= 4 is 33.4 Å². The third kappa shape index (κ3) is 7.00. The molecule has 8 nitrogen and oxygen atoms in total. The van der Waals surface area contributed by atoms with E-state index in [0.29, 0.717) is 0 Å². The van der Waals surface area contributed by atoms with Gasteiger partial charge in [0.2, 0.25) is 10.0 Å². The summed E-state index contributed by atoms with van der Waals surface area (Å²) < 4.78 is 47.2. The van der Waals surface area contributed by atoms with Gasteiger partial charge in [-0.25, -0.2) is 22.3 Å². The highest BCUT2D eigenvalue weighted by molar-refractivity contribution is 7.89. The first-order chi connectivity index (χ1) is 15.4. The molecule has 33 heavy (non-hydrogen) atoms. The third-order valence-electron chi connectivity index (χ3n) is 4.94. The van der Waals surface area contributed by atoms with E-state index < -0.39 is 33.4 Å². The molecule has 0 bridgehead atoms. The molecule has 1 aliphatic carbocycles. The van der Waals surface area contributed by atoms with Gasteiger partial charge in [-0.05, 0) is 70.0 Å². The molecule has 1 saturated carbocycles. The van der Waals surface area contributed by atoms with Gasteiger partial charge in [-0.3, -0.25) is 10.1 Å². The molecular formula is C23H28FN3O5S. The molecule has 0 radical (unpaired) electrons. The number of benzene rings is 2. The molecule has 10 heteroatoms. The lowest BCUT2D eigenvalue weighted by molar-refractivity contribution is 0.0635. The van der Waals surface area contributed by atoms with Crippen molar-refractivity contribution in [2.45, 2.75) is 63.0 Å². The molecule has 0 saturated heterocycles. The van der Waals surface area contributed by atoms with E-state index in [4.69, 9.17) is 4.74 Å². The summed E-state index contributed by atoms with van der Waals surface area (Å²) in [5.41, 5.74) is -0.594. The van der Waals surface area contributed by atoms with Crippen LogP contribution in [0, 0.1) is 5.82 Å². The topological polar surface area (TPSA) is 114 Å². The van der Waals surface area contributed by atoms with Crippen LogP contribution < -0.4 is 15.4 Å². The Hall–Kier alpha value is -2.98. The Morgan fingerprint density at radius 3 is 2.39 bits per heavy atom. The van der Waals surface area contributed by atoms with Gasteiger partial charge in [0.1, 0.15) is 11.4 Å². The van der Waals surface area contributed by atoms with Crippen LogP contribution >= 0.6 is 0 Å². The summed E-state index contributed by atoms with van der Waals surface area (Å²) in [6.45, 7) is 5.03. The van der Waals surface area contributed by atoms with Crippen molar-refractivity contribution in [2.24, 2.45) is 0 Å². The Morgan fingerprint density at radius 1 is 1.03 bits per heavy atom. The van der Waals surface area contributed by atoms with E-state index in [9.17, 15) is 22.4 Å². The Balaban J connectivity index is 1.72. The lowest BCUT2D eigenvalue weighted by atomic mass is 10.2. The standard InChI is InChI=1S/C23H28FN3O5S/c1-23(2,3)32-22(29)26-20-14-17(11-12-19(20)24)25-21(28)15-7-6-10-18(13-15)33(30,31)27-16-8-4-5-9-16/h6-7,10-14,16,27H,4-5,8-9H2,1-3H3,(H,25,28)(H,26,29). The fourth-order valence-corrected chi connectivity index (χ4v) is 4.80. The second kappa shape index (κ2) is 9.88. The van der Waals surface area contributed by atoms with Crippen molar-refractivity contribution in [1.82, 2.24) is 4.72 Å². The van der Waals surface area contributed by atoms with Crippen LogP contribution in [0.5, 0.6) is 0 Å². The summed E-state index contributed by atoms with van der Waals surface area (Å²) in [5, 5.41) is 4.89. The van der Waals surface area contributed by atoms with Crippen LogP contribution in [0.3, 0.4) is 0 Å². The molecular weight excluding hydrogens is 449 g/mol. The van der Waals surface area contributed by atoms with Gasteiger partial charge in [-0.15, -0.1) is 0 Å². The minimum atomic E-state index is -3.75. The Morgan fingerprint density at radius 2 is 1.73 bits per heavy atom. The van der Waals surface area contributed by atoms with Crippen molar-refractivity contribution in [3.05, 3.63) is 53.8 Å². The van der Waals surface area contributed by atoms with E-state index in [-0.39, 0.29) is 27.9 Å². The molecule has 0 aromatic heterocycles. The number of hydrogen-bond acceptors (Lipinski definition) is 5. The maximum Gasteiger partial charge on any atom is 0.412 e. The Bertz CT molecular complexity index is 1140. The van der Waals surface area contributed by atoms with Crippen LogP contribution in [0.15, 0.2) is 47.4 Å². The summed E-state index contributed by atoms with van der Waals surface area (Å²) in [5.74, 6) is -1.28. The average molecular weight is 478 g/mol. The number of carbonyl (C=O) groups is 2. The Kier molecular flexibility index (Phi) is 7.38. The van der Waals surface area contributed by atoms with Crippen molar-refractivity contribution in [3.63, 3.8) is 0 Å². The van der Waals surface area contributed by atoms with Crippen LogP contribution in [-0.4, -0.2) is 32.1 Å². The molecule has 3 rings (SSSR count). The summed E-state index contributed by atoms with van der Waals surface area (Å²) in [6, 6.07) is 9.25. The highest BCUT2D eigenvalue weighted by Gasteiger charge is 2.24. The highest BCUT2D eigenvalue weighted by Crippen LogP contribution is 2.23. The fourth-order valence-electron chi connectivity index (χ4n) is 3.45. The number of carbonyl (C=O) groups excluding carboxylic acids is 2. The van der Waals surface area contributed by atoms with Crippen molar-refractivity contribution in [2.75, 3.05) is 10.6 Å². The predicted octanol–water partition coefficient (Wildman–Crippen LogP) is 4.65. The number of hydrogen-bond donors (Lipinski definition) is 3. The van der Waals surface area contributed by atoms with Crippen molar-refractivity contribution in [3.8, 4) is 0 Å². The number of nitrogens with one attached hydrogen (secondary N) is 3. The quantitative estimate of drug-likeness (QED) is 0.561. The van der Waals surface area contributed by atoms with Gasteiger partial charge in [-0.2, -0.15) is 0 Å². The number of ether oxygens (including phenoxy) is 1. The first-order valence-corrected chi connectivity index (χ1v) is 12.1. The van der Waals surface area contributed by atoms with Gasteiger partial charge < -0.3 is 10.1 Å². The maximum absolute atomic E-state index is 14.1. The van der Waals surface area contributed by atoms with E-state index in [1.54, 1.807) is 20.8 Å².